The van der Waals surface area contributed by atoms with E-state index in [0.29, 0.717) is 13.1 Å². The molecule has 0 radical (unpaired) electrons. The van der Waals surface area contributed by atoms with E-state index in [9.17, 15) is 4.79 Å². The Hall–Kier alpha value is -1.20. The fraction of sp³-hybridized carbons (Fsp3) is 0.231. The Bertz CT molecular complexity index is 527. The Morgan fingerprint density at radius 3 is 2.72 bits per heavy atom. The van der Waals surface area contributed by atoms with Crippen molar-refractivity contribution < 1.29 is 4.79 Å². The van der Waals surface area contributed by atoms with Crippen LogP contribution in [0.5, 0.6) is 0 Å². The second-order valence-electron chi connectivity index (χ2n) is 3.81. The summed E-state index contributed by atoms with van der Waals surface area (Å²) in [5, 5.41) is 1.88. The number of thiophene rings is 1. The summed E-state index contributed by atoms with van der Waals surface area (Å²) in [6, 6.07) is 5.72. The zero-order valence-corrected chi connectivity index (χ0v) is 12.4. The van der Waals surface area contributed by atoms with Gasteiger partial charge >= 0.3 is 0 Å². The van der Waals surface area contributed by atoms with Crippen molar-refractivity contribution in [3.8, 4) is 0 Å². The predicted octanol–water partition coefficient (Wildman–Crippen LogP) is 3.57. The lowest BCUT2D eigenvalue weighted by Crippen LogP contribution is -2.29. The van der Waals surface area contributed by atoms with E-state index in [-0.39, 0.29) is 5.91 Å². The van der Waals surface area contributed by atoms with Gasteiger partial charge in [-0.3, -0.25) is 9.78 Å². The highest BCUT2D eigenvalue weighted by molar-refractivity contribution is 9.11. The minimum Gasteiger partial charge on any atom is -0.335 e. The molecule has 0 bridgehead atoms. The van der Waals surface area contributed by atoms with Gasteiger partial charge in [0, 0.05) is 30.9 Å². The van der Waals surface area contributed by atoms with Crippen molar-refractivity contribution in [1.29, 1.82) is 0 Å². The Kier molecular flexibility index (Phi) is 4.49. The van der Waals surface area contributed by atoms with Gasteiger partial charge in [0.1, 0.15) is 0 Å². The van der Waals surface area contributed by atoms with Crippen LogP contribution in [-0.4, -0.2) is 22.3 Å². The molecular formula is C13H13BrN2OS. The third-order valence-electron chi connectivity index (χ3n) is 2.61. The van der Waals surface area contributed by atoms with E-state index in [2.05, 4.69) is 20.9 Å². The van der Waals surface area contributed by atoms with E-state index in [1.165, 1.54) is 11.3 Å². The molecule has 0 aromatic carbocycles. The SMILES string of the molecule is CCN(Cc1ccncc1)C(=O)c1csc(Br)c1. The van der Waals surface area contributed by atoms with Gasteiger partial charge < -0.3 is 4.90 Å². The fourth-order valence-corrected chi connectivity index (χ4v) is 2.77. The van der Waals surface area contributed by atoms with Gasteiger partial charge in [-0.25, -0.2) is 0 Å². The maximum Gasteiger partial charge on any atom is 0.255 e. The van der Waals surface area contributed by atoms with Gasteiger partial charge in [0.2, 0.25) is 0 Å². The van der Waals surface area contributed by atoms with Gasteiger partial charge in [0.25, 0.3) is 5.91 Å². The summed E-state index contributed by atoms with van der Waals surface area (Å²) in [6.07, 6.45) is 3.49. The highest BCUT2D eigenvalue weighted by Crippen LogP contribution is 2.22. The number of aromatic nitrogens is 1. The van der Waals surface area contributed by atoms with Crippen molar-refractivity contribution in [1.82, 2.24) is 9.88 Å². The van der Waals surface area contributed by atoms with Crippen LogP contribution in [0.1, 0.15) is 22.8 Å². The maximum absolute atomic E-state index is 12.3. The monoisotopic (exact) mass is 324 g/mol. The molecule has 0 aliphatic rings. The fourth-order valence-electron chi connectivity index (χ4n) is 1.64. The number of hydrogen-bond acceptors (Lipinski definition) is 3. The van der Waals surface area contributed by atoms with Crippen LogP contribution in [0.2, 0.25) is 0 Å². The van der Waals surface area contributed by atoms with Crippen LogP contribution in [0, 0.1) is 0 Å². The number of carbonyl (C=O) groups excluding carboxylic acids is 1. The van der Waals surface area contributed by atoms with Crippen molar-refractivity contribution in [3.63, 3.8) is 0 Å². The Balaban J connectivity index is 2.12. The van der Waals surface area contributed by atoms with E-state index in [4.69, 9.17) is 0 Å². The molecule has 2 aromatic rings. The van der Waals surface area contributed by atoms with Gasteiger partial charge in [-0.2, -0.15) is 0 Å². The Labute approximate surface area is 119 Å². The second-order valence-corrected chi connectivity index (χ2v) is 6.10. The summed E-state index contributed by atoms with van der Waals surface area (Å²) in [5.41, 5.74) is 1.83. The molecule has 5 heteroatoms. The van der Waals surface area contributed by atoms with Crippen molar-refractivity contribution in [2.45, 2.75) is 13.5 Å². The lowest BCUT2D eigenvalue weighted by Gasteiger charge is -2.20. The van der Waals surface area contributed by atoms with Crippen molar-refractivity contribution in [2.24, 2.45) is 0 Å². The molecule has 94 valence electrons. The Morgan fingerprint density at radius 1 is 1.44 bits per heavy atom. The molecule has 0 fully saturated rings. The molecule has 2 aromatic heterocycles. The van der Waals surface area contributed by atoms with Gasteiger partial charge in [-0.15, -0.1) is 11.3 Å². The molecule has 0 spiro atoms. The summed E-state index contributed by atoms with van der Waals surface area (Å²) in [6.45, 7) is 3.29. The van der Waals surface area contributed by atoms with Crippen molar-refractivity contribution in [3.05, 3.63) is 50.9 Å². The molecule has 3 nitrogen and oxygen atoms in total. The molecule has 0 unspecified atom stereocenters. The zero-order valence-electron chi connectivity index (χ0n) is 9.97. The Morgan fingerprint density at radius 2 is 2.17 bits per heavy atom. The predicted molar refractivity (Wildman–Crippen MR) is 76.7 cm³/mol. The van der Waals surface area contributed by atoms with Crippen molar-refractivity contribution >= 4 is 33.2 Å². The van der Waals surface area contributed by atoms with Crippen LogP contribution in [0.25, 0.3) is 0 Å². The van der Waals surface area contributed by atoms with Crippen LogP contribution in [-0.2, 0) is 6.54 Å². The highest BCUT2D eigenvalue weighted by atomic mass is 79.9. The molecule has 1 amide bonds. The lowest BCUT2D eigenvalue weighted by atomic mass is 10.2. The molecular weight excluding hydrogens is 312 g/mol. The van der Waals surface area contributed by atoms with Crippen LogP contribution >= 0.6 is 27.3 Å². The molecule has 2 rings (SSSR count). The van der Waals surface area contributed by atoms with Crippen LogP contribution < -0.4 is 0 Å². The largest absolute Gasteiger partial charge is 0.335 e. The van der Waals surface area contributed by atoms with E-state index < -0.39 is 0 Å². The minimum absolute atomic E-state index is 0.0660. The number of rotatable bonds is 4. The number of amides is 1. The minimum atomic E-state index is 0.0660. The molecule has 0 N–H and O–H groups in total. The molecule has 2 heterocycles. The first-order chi connectivity index (χ1) is 8.70. The third kappa shape index (κ3) is 3.17. The first-order valence-electron chi connectivity index (χ1n) is 5.63. The number of hydrogen-bond donors (Lipinski definition) is 0. The highest BCUT2D eigenvalue weighted by Gasteiger charge is 2.15. The van der Waals surface area contributed by atoms with E-state index >= 15 is 0 Å². The van der Waals surface area contributed by atoms with E-state index in [1.807, 2.05) is 35.4 Å². The van der Waals surface area contributed by atoms with Crippen molar-refractivity contribution in [2.75, 3.05) is 6.54 Å². The van der Waals surface area contributed by atoms with E-state index in [0.717, 1.165) is 14.9 Å². The van der Waals surface area contributed by atoms with Gasteiger partial charge in [-0.05, 0) is 46.6 Å². The summed E-state index contributed by atoms with van der Waals surface area (Å²) < 4.78 is 0.978. The molecule has 0 saturated carbocycles. The zero-order chi connectivity index (χ0) is 13.0. The quantitative estimate of drug-likeness (QED) is 0.861. The molecule has 0 aliphatic heterocycles. The number of halogens is 1. The number of nitrogens with zero attached hydrogens (tertiary/aromatic N) is 2. The van der Waals surface area contributed by atoms with Gasteiger partial charge in [0.05, 0.1) is 9.35 Å². The average molecular weight is 325 g/mol. The molecule has 0 aliphatic carbocycles. The second kappa shape index (κ2) is 6.11. The summed E-state index contributed by atoms with van der Waals surface area (Å²) >= 11 is 4.90. The lowest BCUT2D eigenvalue weighted by molar-refractivity contribution is 0.0753. The average Bonchev–Trinajstić information content (AvgIpc) is 2.83. The summed E-state index contributed by atoms with van der Waals surface area (Å²) in [7, 11) is 0. The van der Waals surface area contributed by atoms with Gasteiger partial charge in [-0.1, -0.05) is 0 Å². The standard InChI is InChI=1S/C13H13BrN2OS/c1-2-16(8-10-3-5-15-6-4-10)13(17)11-7-12(14)18-9-11/h3-7,9H,2,8H2,1H3. The molecule has 0 saturated heterocycles. The molecule has 18 heavy (non-hydrogen) atoms. The molecule has 0 atom stereocenters. The number of pyridine rings is 1. The topological polar surface area (TPSA) is 33.2 Å². The number of carbonyl (C=O) groups is 1. The maximum atomic E-state index is 12.3. The third-order valence-corrected chi connectivity index (χ3v) is 4.11. The van der Waals surface area contributed by atoms with Crippen LogP contribution in [0.4, 0.5) is 0 Å². The van der Waals surface area contributed by atoms with Crippen LogP contribution in [0.15, 0.2) is 39.8 Å². The van der Waals surface area contributed by atoms with Gasteiger partial charge in [0.15, 0.2) is 0 Å². The summed E-state index contributed by atoms with van der Waals surface area (Å²) in [5.74, 6) is 0.0660. The smallest absolute Gasteiger partial charge is 0.255 e. The normalized spacial score (nSPS) is 10.3. The first-order valence-corrected chi connectivity index (χ1v) is 7.30. The summed E-state index contributed by atoms with van der Waals surface area (Å²) in [4.78, 5) is 18.1. The van der Waals surface area contributed by atoms with Crippen LogP contribution in [0.3, 0.4) is 0 Å². The van der Waals surface area contributed by atoms with E-state index in [1.54, 1.807) is 12.4 Å². The first kappa shape index (κ1) is 13.2.